The Bertz CT molecular complexity index is 1350. The molecule has 0 aliphatic carbocycles. The van der Waals surface area contributed by atoms with E-state index in [0.29, 0.717) is 6.61 Å². The van der Waals surface area contributed by atoms with E-state index in [1.807, 2.05) is 0 Å². The van der Waals surface area contributed by atoms with Gasteiger partial charge in [0, 0.05) is 0 Å². The number of hydrogen-bond donors (Lipinski definition) is 1. The zero-order valence-electron chi connectivity index (χ0n) is 20.8. The van der Waals surface area contributed by atoms with E-state index in [9.17, 15) is 5.11 Å². The van der Waals surface area contributed by atoms with Crippen molar-refractivity contribution in [3.63, 3.8) is 0 Å². The summed E-state index contributed by atoms with van der Waals surface area (Å²) in [5, 5.41) is 13.2. The summed E-state index contributed by atoms with van der Waals surface area (Å²) >= 11 is -1.42. The SMILES string of the molecule is Cc1cc(C)c2[c]([Bi][O]CCO)cc(-c3cc(C(C)(C)C)c4ccccc4c3C)[n+](C)c2c1. The van der Waals surface area contributed by atoms with Crippen molar-refractivity contribution in [2.75, 3.05) is 13.2 Å². The topological polar surface area (TPSA) is 33.3 Å². The number of benzene rings is 3. The van der Waals surface area contributed by atoms with E-state index < -0.39 is 23.7 Å². The maximum atomic E-state index is 9.27. The second-order valence-electron chi connectivity index (χ2n) is 9.99. The van der Waals surface area contributed by atoms with Crippen LogP contribution in [0, 0.1) is 20.8 Å². The van der Waals surface area contributed by atoms with Gasteiger partial charge in [-0.3, -0.25) is 0 Å². The summed E-state index contributed by atoms with van der Waals surface area (Å²) in [5.74, 6) is 0. The number of aliphatic hydroxyl groups is 1. The zero-order chi connectivity index (χ0) is 23.9. The average molecular weight is 638 g/mol. The normalized spacial score (nSPS) is 12.1. The molecule has 4 rings (SSSR count). The molecule has 0 aliphatic heterocycles. The van der Waals surface area contributed by atoms with Gasteiger partial charge < -0.3 is 0 Å². The summed E-state index contributed by atoms with van der Waals surface area (Å²) < 4.78 is 9.69. The molecule has 4 heteroatoms. The Kier molecular flexibility index (Phi) is 6.92. The van der Waals surface area contributed by atoms with Crippen molar-refractivity contribution in [2.45, 2.75) is 47.0 Å². The fourth-order valence-corrected chi connectivity index (χ4v) is 8.24. The predicted octanol–water partition coefficient (Wildman–Crippen LogP) is 4.96. The molecular formula is C29H34BiNO2+. The van der Waals surface area contributed by atoms with Crippen molar-refractivity contribution in [1.82, 2.24) is 0 Å². The van der Waals surface area contributed by atoms with E-state index in [2.05, 4.69) is 102 Å². The molecule has 1 heterocycles. The van der Waals surface area contributed by atoms with Crippen molar-refractivity contribution < 1.29 is 12.5 Å². The molecule has 0 unspecified atom stereocenters. The fourth-order valence-electron chi connectivity index (χ4n) is 4.86. The summed E-state index contributed by atoms with van der Waals surface area (Å²) in [5.41, 5.74) is 9.05. The van der Waals surface area contributed by atoms with Crippen LogP contribution in [0.4, 0.5) is 0 Å². The first-order valence-corrected chi connectivity index (χ1v) is 14.7. The summed E-state index contributed by atoms with van der Waals surface area (Å²) in [7, 11) is 2.19. The van der Waals surface area contributed by atoms with E-state index >= 15 is 0 Å². The monoisotopic (exact) mass is 637 g/mol. The van der Waals surface area contributed by atoms with Gasteiger partial charge >= 0.3 is 210 Å². The molecule has 4 aromatic rings. The third-order valence-electron chi connectivity index (χ3n) is 6.45. The first-order chi connectivity index (χ1) is 15.6. The van der Waals surface area contributed by atoms with Gasteiger partial charge in [0.2, 0.25) is 0 Å². The Morgan fingerprint density at radius 3 is 2.33 bits per heavy atom. The second-order valence-corrected chi connectivity index (χ2v) is 13.6. The van der Waals surface area contributed by atoms with Crippen LogP contribution in [0.3, 0.4) is 0 Å². The van der Waals surface area contributed by atoms with Crippen LogP contribution < -0.4 is 7.84 Å². The van der Waals surface area contributed by atoms with Gasteiger partial charge in [-0.05, 0) is 0 Å². The predicted molar refractivity (Wildman–Crippen MR) is 139 cm³/mol. The van der Waals surface area contributed by atoms with Crippen LogP contribution in [0.15, 0.2) is 48.5 Å². The molecule has 0 atom stereocenters. The zero-order valence-corrected chi connectivity index (χ0v) is 24.3. The average Bonchev–Trinajstić information content (AvgIpc) is 2.75. The molecule has 1 aromatic heterocycles. The number of pyridine rings is 1. The van der Waals surface area contributed by atoms with E-state index in [1.54, 1.807) is 0 Å². The summed E-state index contributed by atoms with van der Waals surface area (Å²) in [6, 6.07) is 18.1. The summed E-state index contributed by atoms with van der Waals surface area (Å²) in [6.07, 6.45) is 0. The molecule has 1 N–H and O–H groups in total. The van der Waals surface area contributed by atoms with Crippen LogP contribution in [0.2, 0.25) is 0 Å². The van der Waals surface area contributed by atoms with Gasteiger partial charge in [-0.25, -0.2) is 0 Å². The third kappa shape index (κ3) is 4.58. The Labute approximate surface area is 209 Å². The summed E-state index contributed by atoms with van der Waals surface area (Å²) in [4.78, 5) is 0. The van der Waals surface area contributed by atoms with Crippen LogP contribution in [0.25, 0.3) is 32.9 Å². The number of rotatable bonds is 5. The second kappa shape index (κ2) is 9.41. The van der Waals surface area contributed by atoms with Crippen LogP contribution in [-0.2, 0) is 15.3 Å². The van der Waals surface area contributed by atoms with Gasteiger partial charge in [0.25, 0.3) is 0 Å². The van der Waals surface area contributed by atoms with E-state index in [-0.39, 0.29) is 12.0 Å². The van der Waals surface area contributed by atoms with E-state index in [4.69, 9.17) is 2.81 Å². The van der Waals surface area contributed by atoms with Gasteiger partial charge in [0.05, 0.1) is 0 Å². The maximum absolute atomic E-state index is 9.27. The van der Waals surface area contributed by atoms with Gasteiger partial charge in [-0.15, -0.1) is 0 Å². The van der Waals surface area contributed by atoms with Gasteiger partial charge in [0.1, 0.15) is 0 Å². The Morgan fingerprint density at radius 1 is 0.970 bits per heavy atom. The first-order valence-electron chi connectivity index (χ1n) is 11.5. The Morgan fingerprint density at radius 2 is 1.67 bits per heavy atom. The molecule has 0 aliphatic rings. The van der Waals surface area contributed by atoms with Gasteiger partial charge in [-0.2, -0.15) is 0 Å². The van der Waals surface area contributed by atoms with Crippen LogP contribution >= 0.6 is 0 Å². The van der Waals surface area contributed by atoms with Crippen LogP contribution in [0.1, 0.15) is 43.0 Å². The van der Waals surface area contributed by atoms with Crippen molar-refractivity contribution in [3.8, 4) is 11.3 Å². The van der Waals surface area contributed by atoms with Crippen LogP contribution in [-0.4, -0.2) is 42.0 Å². The van der Waals surface area contributed by atoms with E-state index in [0.717, 1.165) is 0 Å². The molecule has 0 saturated heterocycles. The molecule has 1 radical (unpaired) electrons. The minimum absolute atomic E-state index is 0.0368. The number of nitrogens with zero attached hydrogens (tertiary/aromatic N) is 1. The van der Waals surface area contributed by atoms with Gasteiger partial charge in [-0.1, -0.05) is 0 Å². The number of fused-ring (bicyclic) bond motifs is 2. The van der Waals surface area contributed by atoms with Crippen molar-refractivity contribution in [1.29, 1.82) is 0 Å². The number of hydrogen-bond acceptors (Lipinski definition) is 2. The molecule has 0 spiro atoms. The standard InChI is InChI=1S/C27H29N.C2H5O2.Bi/c1-17-14-18(2)20-12-13-25(28(7)26(20)15-17)23-16-24(27(4,5)6)22-11-9-8-10-21(22)19(23)3;3-1-2-4;/h8-11,13-16H,1-7H3;3H,1-2H2;/q+1;-1;+1. The molecule has 0 bridgehead atoms. The molecule has 33 heavy (non-hydrogen) atoms. The molecular weight excluding hydrogens is 603 g/mol. The molecule has 3 aromatic carbocycles. The van der Waals surface area contributed by atoms with Gasteiger partial charge in [0.15, 0.2) is 0 Å². The molecule has 171 valence electrons. The quantitative estimate of drug-likeness (QED) is 0.191. The van der Waals surface area contributed by atoms with E-state index in [1.165, 1.54) is 58.5 Å². The number of aliphatic hydroxyl groups excluding tert-OH is 1. The van der Waals surface area contributed by atoms with Crippen LogP contribution in [0.5, 0.6) is 0 Å². The third-order valence-corrected chi connectivity index (χ3v) is 9.80. The minimum atomic E-state index is -1.42. The molecule has 0 fully saturated rings. The molecule has 0 amide bonds. The van der Waals surface area contributed by atoms with Crippen molar-refractivity contribution in [2.24, 2.45) is 7.05 Å². The molecule has 3 nitrogen and oxygen atoms in total. The van der Waals surface area contributed by atoms with Crippen molar-refractivity contribution in [3.05, 3.63) is 70.8 Å². The molecule has 0 saturated carbocycles. The van der Waals surface area contributed by atoms with Crippen molar-refractivity contribution >= 4 is 48.6 Å². The Balaban J connectivity index is 2.08. The number of aromatic nitrogens is 1. The number of aryl methyl sites for hydroxylation is 4. The Hall–Kier alpha value is -1.87. The first kappa shape index (κ1) is 24.3. The fraction of sp³-hybridized carbons (Fsp3) is 0.345. The summed E-state index contributed by atoms with van der Waals surface area (Å²) in [6.45, 7) is 14.0.